The Morgan fingerprint density at radius 2 is 1.84 bits per heavy atom. The van der Waals surface area contributed by atoms with Gasteiger partial charge in [-0.25, -0.2) is 4.79 Å². The van der Waals surface area contributed by atoms with Crippen LogP contribution in [0.2, 0.25) is 0 Å². The Balaban J connectivity index is 1.81. The van der Waals surface area contributed by atoms with Crippen molar-refractivity contribution in [3.63, 3.8) is 0 Å². The van der Waals surface area contributed by atoms with Gasteiger partial charge in [-0.15, -0.1) is 0 Å². The average Bonchev–Trinajstić information content (AvgIpc) is 2.56. The first-order chi connectivity index (χ1) is 11.9. The van der Waals surface area contributed by atoms with Gasteiger partial charge in [-0.05, 0) is 56.5 Å². The lowest BCUT2D eigenvalue weighted by molar-refractivity contribution is 0.0522. The Labute approximate surface area is 151 Å². The quantitative estimate of drug-likeness (QED) is 0.790. The molecule has 1 unspecified atom stereocenters. The number of ether oxygens (including phenoxy) is 1. The maximum atomic E-state index is 11.8. The molecule has 0 spiro atoms. The van der Waals surface area contributed by atoms with Crippen LogP contribution < -0.4 is 10.6 Å². The third kappa shape index (κ3) is 6.39. The fourth-order valence-electron chi connectivity index (χ4n) is 2.80. The number of nitrogens with one attached hydrogen (secondary N) is 2. The van der Waals surface area contributed by atoms with Crippen molar-refractivity contribution >= 4 is 16.9 Å². The highest BCUT2D eigenvalue weighted by Gasteiger charge is 2.16. The Kier molecular flexibility index (Phi) is 6.82. The molecule has 0 saturated heterocycles. The summed E-state index contributed by atoms with van der Waals surface area (Å²) in [5.41, 5.74) is 0.883. The van der Waals surface area contributed by atoms with E-state index in [0.29, 0.717) is 6.54 Å². The average molecular weight is 342 g/mol. The number of hydrogen-bond donors (Lipinski definition) is 2. The van der Waals surface area contributed by atoms with Crippen LogP contribution in [0, 0.1) is 0 Å². The molecule has 0 heterocycles. The van der Waals surface area contributed by atoms with Crippen LogP contribution >= 0.6 is 0 Å². The van der Waals surface area contributed by atoms with Crippen LogP contribution in [0.3, 0.4) is 0 Å². The van der Waals surface area contributed by atoms with Gasteiger partial charge in [-0.2, -0.15) is 0 Å². The lowest BCUT2D eigenvalue weighted by Crippen LogP contribution is -2.43. The van der Waals surface area contributed by atoms with Gasteiger partial charge in [0.2, 0.25) is 0 Å². The molecule has 25 heavy (non-hydrogen) atoms. The van der Waals surface area contributed by atoms with Crippen LogP contribution in [0.1, 0.15) is 39.7 Å². The molecule has 2 aromatic rings. The Hall–Kier alpha value is -2.07. The van der Waals surface area contributed by atoms with E-state index < -0.39 is 5.60 Å². The molecule has 0 radical (unpaired) electrons. The number of amides is 1. The van der Waals surface area contributed by atoms with Gasteiger partial charge in [0.1, 0.15) is 5.60 Å². The van der Waals surface area contributed by atoms with E-state index >= 15 is 0 Å². The second-order valence-corrected chi connectivity index (χ2v) is 7.33. The molecule has 1 atom stereocenters. The largest absolute Gasteiger partial charge is 0.444 e. The number of benzene rings is 2. The Morgan fingerprint density at radius 3 is 2.56 bits per heavy atom. The number of carbonyl (C=O) groups is 1. The van der Waals surface area contributed by atoms with Crippen LogP contribution in [0.4, 0.5) is 4.79 Å². The Morgan fingerprint density at radius 1 is 1.12 bits per heavy atom. The van der Waals surface area contributed by atoms with Crippen LogP contribution in [0.5, 0.6) is 0 Å². The van der Waals surface area contributed by atoms with Gasteiger partial charge in [0.15, 0.2) is 0 Å². The van der Waals surface area contributed by atoms with Crippen LogP contribution in [0.15, 0.2) is 42.5 Å². The van der Waals surface area contributed by atoms with Crippen molar-refractivity contribution in [3.05, 3.63) is 48.0 Å². The smallest absolute Gasteiger partial charge is 0.407 e. The van der Waals surface area contributed by atoms with Gasteiger partial charge in [0.05, 0.1) is 0 Å². The van der Waals surface area contributed by atoms with Crippen molar-refractivity contribution in [2.24, 2.45) is 0 Å². The molecule has 0 aromatic heterocycles. The van der Waals surface area contributed by atoms with Crippen molar-refractivity contribution in [1.29, 1.82) is 0 Å². The molecule has 0 aliphatic rings. The number of hydrogen-bond acceptors (Lipinski definition) is 3. The summed E-state index contributed by atoms with van der Waals surface area (Å²) in [6.07, 6.45) is 1.55. The third-order valence-corrected chi connectivity index (χ3v) is 4.09. The first-order valence-electron chi connectivity index (χ1n) is 9.06. The maximum absolute atomic E-state index is 11.8. The Bertz CT molecular complexity index is 686. The van der Waals surface area contributed by atoms with Gasteiger partial charge in [-0.3, -0.25) is 0 Å². The van der Waals surface area contributed by atoms with Crippen LogP contribution in [-0.2, 0) is 11.2 Å². The standard InChI is InChI=1S/C21H30N2O2/c1-5-18(15-23-20(24)25-21(2,3)4)22-14-13-17-11-8-10-16-9-6-7-12-19(16)17/h6-12,18,22H,5,13-15H2,1-4H3,(H,23,24). The van der Waals surface area contributed by atoms with Gasteiger partial charge in [0.25, 0.3) is 0 Å². The summed E-state index contributed by atoms with van der Waals surface area (Å²) >= 11 is 0. The number of carbonyl (C=O) groups excluding carboxylic acids is 1. The van der Waals surface area contributed by atoms with E-state index in [-0.39, 0.29) is 12.1 Å². The summed E-state index contributed by atoms with van der Waals surface area (Å²) in [6.45, 7) is 9.17. The van der Waals surface area contributed by atoms with E-state index in [2.05, 4.69) is 60.0 Å². The van der Waals surface area contributed by atoms with Crippen LogP contribution in [-0.4, -0.2) is 30.8 Å². The minimum atomic E-state index is -0.465. The van der Waals surface area contributed by atoms with E-state index in [0.717, 1.165) is 19.4 Å². The van der Waals surface area contributed by atoms with Crippen molar-refractivity contribution in [3.8, 4) is 0 Å². The molecule has 0 aliphatic carbocycles. The second-order valence-electron chi connectivity index (χ2n) is 7.33. The zero-order valence-corrected chi connectivity index (χ0v) is 15.8. The fraction of sp³-hybridized carbons (Fsp3) is 0.476. The lowest BCUT2D eigenvalue weighted by atomic mass is 10.0. The highest BCUT2D eigenvalue weighted by molar-refractivity contribution is 5.85. The van der Waals surface area contributed by atoms with E-state index in [1.807, 2.05) is 20.8 Å². The van der Waals surface area contributed by atoms with E-state index in [9.17, 15) is 4.79 Å². The first kappa shape index (κ1) is 19.3. The van der Waals surface area contributed by atoms with E-state index in [4.69, 9.17) is 4.74 Å². The van der Waals surface area contributed by atoms with E-state index in [1.54, 1.807) is 0 Å². The highest BCUT2D eigenvalue weighted by atomic mass is 16.6. The fourth-order valence-corrected chi connectivity index (χ4v) is 2.80. The highest BCUT2D eigenvalue weighted by Crippen LogP contribution is 2.18. The normalized spacial score (nSPS) is 12.8. The zero-order valence-electron chi connectivity index (χ0n) is 15.8. The molecular formula is C21H30N2O2. The summed E-state index contributed by atoms with van der Waals surface area (Å²) in [6, 6.07) is 15.1. The zero-order chi connectivity index (χ0) is 18.3. The molecule has 0 saturated carbocycles. The van der Waals surface area contributed by atoms with Gasteiger partial charge in [0, 0.05) is 12.6 Å². The number of fused-ring (bicyclic) bond motifs is 1. The number of alkyl carbamates (subject to hydrolysis) is 1. The summed E-state index contributed by atoms with van der Waals surface area (Å²) in [7, 11) is 0. The van der Waals surface area contributed by atoms with Crippen LogP contribution in [0.25, 0.3) is 10.8 Å². The molecule has 0 fully saturated rings. The van der Waals surface area contributed by atoms with Crippen molar-refractivity contribution in [2.45, 2.75) is 52.2 Å². The first-order valence-corrected chi connectivity index (χ1v) is 9.06. The van der Waals surface area contributed by atoms with Crippen molar-refractivity contribution in [2.75, 3.05) is 13.1 Å². The molecule has 4 heteroatoms. The minimum Gasteiger partial charge on any atom is -0.444 e. The molecule has 4 nitrogen and oxygen atoms in total. The molecule has 2 N–H and O–H groups in total. The van der Waals surface area contributed by atoms with Gasteiger partial charge in [-0.1, -0.05) is 49.4 Å². The van der Waals surface area contributed by atoms with Crippen molar-refractivity contribution in [1.82, 2.24) is 10.6 Å². The SMILES string of the molecule is CCC(CNC(=O)OC(C)(C)C)NCCc1cccc2ccccc12. The van der Waals surface area contributed by atoms with Gasteiger partial charge >= 0.3 is 6.09 Å². The molecular weight excluding hydrogens is 312 g/mol. The predicted molar refractivity (Wildman–Crippen MR) is 104 cm³/mol. The monoisotopic (exact) mass is 342 g/mol. The molecule has 2 aromatic carbocycles. The minimum absolute atomic E-state index is 0.238. The van der Waals surface area contributed by atoms with E-state index in [1.165, 1.54) is 16.3 Å². The lowest BCUT2D eigenvalue weighted by Gasteiger charge is -2.22. The second kappa shape index (κ2) is 8.86. The summed E-state index contributed by atoms with van der Waals surface area (Å²) in [5, 5.41) is 8.96. The summed E-state index contributed by atoms with van der Waals surface area (Å²) < 4.78 is 5.28. The predicted octanol–water partition coefficient (Wildman–Crippen LogP) is 4.28. The topological polar surface area (TPSA) is 50.4 Å². The molecule has 0 bridgehead atoms. The summed E-state index contributed by atoms with van der Waals surface area (Å²) in [4.78, 5) is 11.8. The summed E-state index contributed by atoms with van der Waals surface area (Å²) in [5.74, 6) is 0. The molecule has 2 rings (SSSR count). The molecule has 136 valence electrons. The molecule has 1 amide bonds. The molecule has 0 aliphatic heterocycles. The third-order valence-electron chi connectivity index (χ3n) is 4.09. The maximum Gasteiger partial charge on any atom is 0.407 e. The van der Waals surface area contributed by atoms with Crippen molar-refractivity contribution < 1.29 is 9.53 Å². The number of rotatable bonds is 7. The van der Waals surface area contributed by atoms with Gasteiger partial charge < -0.3 is 15.4 Å².